The van der Waals surface area contributed by atoms with Crippen molar-refractivity contribution in [2.45, 2.75) is 277 Å². The fourth-order valence-electron chi connectivity index (χ4n) is 8.07. The Morgan fingerprint density at radius 2 is 0.825 bits per heavy atom. The van der Waals surface area contributed by atoms with Crippen molar-refractivity contribution < 1.29 is 37.3 Å². The van der Waals surface area contributed by atoms with Gasteiger partial charge in [-0.2, -0.15) is 0 Å². The van der Waals surface area contributed by atoms with Crippen molar-refractivity contribution in [3.63, 3.8) is 0 Å². The van der Waals surface area contributed by atoms with Gasteiger partial charge in [-0.15, -0.1) is 0 Å². The van der Waals surface area contributed by atoms with Crippen molar-refractivity contribution in [2.75, 3.05) is 54.1 Å². The highest BCUT2D eigenvalue weighted by molar-refractivity contribution is 7.45. The van der Waals surface area contributed by atoms with Gasteiger partial charge in [0, 0.05) is 13.0 Å². The van der Waals surface area contributed by atoms with E-state index in [0.29, 0.717) is 24.1 Å². The Morgan fingerprint density at radius 1 is 0.476 bits per heavy atom. The fourth-order valence-corrected chi connectivity index (χ4v) is 8.80. The Bertz CT molecular complexity index is 1020. The van der Waals surface area contributed by atoms with Gasteiger partial charge < -0.3 is 27.9 Å². The van der Waals surface area contributed by atoms with Gasteiger partial charge in [0.05, 0.1) is 34.4 Å². The molecule has 0 fully saturated rings. The van der Waals surface area contributed by atoms with Crippen molar-refractivity contribution in [3.8, 4) is 0 Å². The van der Waals surface area contributed by atoms with Crippen LogP contribution in [0.1, 0.15) is 271 Å². The summed E-state index contributed by atoms with van der Waals surface area (Å²) in [5, 5.41) is 0. The molecule has 0 saturated carbocycles. The minimum absolute atomic E-state index is 0.0286. The van der Waals surface area contributed by atoms with E-state index in [4.69, 9.17) is 18.5 Å². The third kappa shape index (κ3) is 52.1. The molecule has 0 aromatic carbocycles. The first-order chi connectivity index (χ1) is 30.6. The topological polar surface area (TPSA) is 94.1 Å². The summed E-state index contributed by atoms with van der Waals surface area (Å²) in [6.07, 6.45) is 55.3. The summed E-state index contributed by atoms with van der Waals surface area (Å²) in [5.41, 5.74) is 0. The maximum absolute atomic E-state index is 12.8. The zero-order valence-corrected chi connectivity index (χ0v) is 43.7. The van der Waals surface area contributed by atoms with Crippen molar-refractivity contribution >= 4 is 13.8 Å². The van der Waals surface area contributed by atoms with E-state index >= 15 is 0 Å². The first-order valence-electron chi connectivity index (χ1n) is 27.4. The van der Waals surface area contributed by atoms with Crippen LogP contribution >= 0.6 is 7.82 Å². The normalized spacial score (nSPS) is 13.6. The number of likely N-dealkylation sites (N-methyl/N-ethyl adjacent to an activating group) is 1. The van der Waals surface area contributed by atoms with Crippen LogP contribution in [0.2, 0.25) is 0 Å². The molecular weight excluding hydrogens is 806 g/mol. The molecular formula is C54H108NO7P. The van der Waals surface area contributed by atoms with Crippen LogP contribution in [0.25, 0.3) is 0 Å². The van der Waals surface area contributed by atoms with E-state index in [-0.39, 0.29) is 25.8 Å². The highest BCUT2D eigenvalue weighted by Gasteiger charge is 2.20. The molecule has 0 aliphatic heterocycles. The fraction of sp³-hybridized carbons (Fsp3) is 0.944. The highest BCUT2D eigenvalue weighted by Crippen LogP contribution is 2.38. The summed E-state index contributed by atoms with van der Waals surface area (Å²) in [6.45, 7) is 5.46. The van der Waals surface area contributed by atoms with Gasteiger partial charge in [0.15, 0.2) is 0 Å². The first kappa shape index (κ1) is 62.2. The van der Waals surface area contributed by atoms with Crippen molar-refractivity contribution in [2.24, 2.45) is 0 Å². The van der Waals surface area contributed by atoms with Gasteiger partial charge in [-0.25, -0.2) is 0 Å². The molecule has 0 aromatic heterocycles. The number of ether oxygens (including phenoxy) is 2. The summed E-state index contributed by atoms with van der Waals surface area (Å²) in [5.74, 6) is -0.328. The van der Waals surface area contributed by atoms with E-state index in [9.17, 15) is 14.3 Å². The number of hydrogen-bond acceptors (Lipinski definition) is 7. The van der Waals surface area contributed by atoms with Crippen LogP contribution in [0.5, 0.6) is 0 Å². The monoisotopic (exact) mass is 914 g/mol. The summed E-state index contributed by atoms with van der Waals surface area (Å²) in [6, 6.07) is 0. The van der Waals surface area contributed by atoms with Crippen LogP contribution in [0.4, 0.5) is 0 Å². The lowest BCUT2D eigenvalue weighted by Gasteiger charge is -2.28. The van der Waals surface area contributed by atoms with Crippen molar-refractivity contribution in [3.05, 3.63) is 12.2 Å². The Kier molecular flexibility index (Phi) is 47.1. The predicted molar refractivity (Wildman–Crippen MR) is 268 cm³/mol. The van der Waals surface area contributed by atoms with Crippen molar-refractivity contribution in [1.29, 1.82) is 0 Å². The van der Waals surface area contributed by atoms with E-state index < -0.39 is 13.9 Å². The quantitative estimate of drug-likeness (QED) is 0.0197. The SMILES string of the molecule is CCCCCCCCC/C=C\CCCCCCCCOCC(COP(=O)([O-])OCC[N+](C)(C)C)OC(=O)CCCCCCCCCCCCCCCCCCCCCCCCCC. The lowest BCUT2D eigenvalue weighted by molar-refractivity contribution is -0.870. The van der Waals surface area contributed by atoms with Gasteiger partial charge in [-0.3, -0.25) is 9.36 Å². The molecule has 0 aliphatic carbocycles. The molecule has 9 heteroatoms. The highest BCUT2D eigenvalue weighted by atomic mass is 31.2. The lowest BCUT2D eigenvalue weighted by atomic mass is 10.0. The number of carbonyl (C=O) groups excluding carboxylic acids is 1. The van der Waals surface area contributed by atoms with E-state index in [1.54, 1.807) is 0 Å². The minimum atomic E-state index is -4.53. The molecule has 0 radical (unpaired) electrons. The second-order valence-electron chi connectivity index (χ2n) is 20.0. The number of phosphoric acid groups is 1. The van der Waals surface area contributed by atoms with Crippen molar-refractivity contribution in [1.82, 2.24) is 0 Å². The van der Waals surface area contributed by atoms with Crippen LogP contribution < -0.4 is 4.89 Å². The number of hydrogen-bond donors (Lipinski definition) is 0. The smallest absolute Gasteiger partial charge is 0.306 e. The molecule has 0 N–H and O–H groups in total. The molecule has 0 heterocycles. The van der Waals surface area contributed by atoms with E-state index in [1.165, 1.54) is 218 Å². The Balaban J connectivity index is 4.04. The molecule has 63 heavy (non-hydrogen) atoms. The summed E-state index contributed by atoms with van der Waals surface area (Å²) >= 11 is 0. The molecule has 0 rings (SSSR count). The number of esters is 1. The molecule has 376 valence electrons. The van der Waals surface area contributed by atoms with E-state index in [0.717, 1.165) is 32.1 Å². The zero-order valence-electron chi connectivity index (χ0n) is 42.8. The number of phosphoric ester groups is 1. The number of quaternary nitrogens is 1. The van der Waals surface area contributed by atoms with Crippen LogP contribution in [-0.2, 0) is 27.9 Å². The minimum Gasteiger partial charge on any atom is -0.756 e. The third-order valence-electron chi connectivity index (χ3n) is 12.3. The summed E-state index contributed by atoms with van der Waals surface area (Å²) in [4.78, 5) is 25.2. The molecule has 0 aliphatic rings. The average molecular weight is 914 g/mol. The standard InChI is InChI=1S/C54H108NO7P/c1-6-8-10-12-14-16-18-20-22-24-25-26-27-28-29-30-31-33-35-37-39-41-43-45-47-54(56)62-53(52-61-63(57,58)60-50-48-55(3,4)5)51-59-49-46-44-42-40-38-36-34-32-23-21-19-17-15-13-11-9-7-2/h23,32,53H,6-22,24-31,33-52H2,1-5H3/b32-23-. The largest absolute Gasteiger partial charge is 0.756 e. The Labute approximate surface area is 392 Å². The lowest BCUT2D eigenvalue weighted by Crippen LogP contribution is -2.37. The second kappa shape index (κ2) is 47.7. The second-order valence-corrected chi connectivity index (χ2v) is 21.4. The number of carbonyl (C=O) groups is 1. The van der Waals surface area contributed by atoms with E-state index in [1.807, 2.05) is 21.1 Å². The molecule has 0 saturated heterocycles. The first-order valence-corrected chi connectivity index (χ1v) is 28.9. The van der Waals surface area contributed by atoms with Crippen LogP contribution in [0.3, 0.4) is 0 Å². The Morgan fingerprint density at radius 3 is 1.21 bits per heavy atom. The maximum Gasteiger partial charge on any atom is 0.306 e. The maximum atomic E-state index is 12.8. The molecule has 2 unspecified atom stereocenters. The number of allylic oxidation sites excluding steroid dienone is 2. The van der Waals surface area contributed by atoms with Crippen LogP contribution in [0.15, 0.2) is 12.2 Å². The van der Waals surface area contributed by atoms with Crippen LogP contribution in [-0.4, -0.2) is 70.7 Å². The summed E-state index contributed by atoms with van der Waals surface area (Å²) in [7, 11) is 1.37. The van der Waals surface area contributed by atoms with E-state index in [2.05, 4.69) is 26.0 Å². The van der Waals surface area contributed by atoms with Gasteiger partial charge in [0.2, 0.25) is 0 Å². The zero-order chi connectivity index (χ0) is 46.2. The molecule has 0 bridgehead atoms. The molecule has 2 atom stereocenters. The van der Waals surface area contributed by atoms with Crippen LogP contribution in [0, 0.1) is 0 Å². The average Bonchev–Trinajstić information content (AvgIpc) is 3.24. The number of rotatable bonds is 52. The number of unbranched alkanes of at least 4 members (excludes halogenated alkanes) is 36. The molecule has 0 amide bonds. The third-order valence-corrected chi connectivity index (χ3v) is 13.3. The van der Waals surface area contributed by atoms with Gasteiger partial charge in [-0.05, 0) is 38.5 Å². The van der Waals surface area contributed by atoms with Gasteiger partial charge >= 0.3 is 5.97 Å². The number of nitrogens with zero attached hydrogens (tertiary/aromatic N) is 1. The van der Waals surface area contributed by atoms with Gasteiger partial charge in [0.1, 0.15) is 19.3 Å². The van der Waals surface area contributed by atoms with Gasteiger partial charge in [-0.1, -0.05) is 238 Å². The summed E-state index contributed by atoms with van der Waals surface area (Å²) < 4.78 is 34.8. The Hall–Kier alpha value is -0.760. The van der Waals surface area contributed by atoms with Gasteiger partial charge in [0.25, 0.3) is 7.82 Å². The predicted octanol–water partition coefficient (Wildman–Crippen LogP) is 16.3. The molecule has 0 spiro atoms. The molecule has 8 nitrogen and oxygen atoms in total. The molecule has 0 aromatic rings.